The maximum absolute atomic E-state index is 13.0. The molecule has 0 N–H and O–H groups in total. The molecule has 4 rings (SSSR count). The molecule has 2 heterocycles. The van der Waals surface area contributed by atoms with E-state index in [9.17, 15) is 8.42 Å². The van der Waals surface area contributed by atoms with Gasteiger partial charge in [0.25, 0.3) is 0 Å². The Kier molecular flexibility index (Phi) is 5.22. The number of benzene rings is 1. The molecule has 0 bridgehead atoms. The van der Waals surface area contributed by atoms with Crippen molar-refractivity contribution in [2.45, 2.75) is 49.8 Å². The lowest BCUT2D eigenvalue weighted by Crippen LogP contribution is -2.48. The van der Waals surface area contributed by atoms with Gasteiger partial charge in [0, 0.05) is 43.6 Å². The van der Waals surface area contributed by atoms with Crippen LogP contribution in [0.25, 0.3) is 0 Å². The highest BCUT2D eigenvalue weighted by Crippen LogP contribution is 2.39. The molecular weight excluding hydrogens is 380 g/mol. The summed E-state index contributed by atoms with van der Waals surface area (Å²) in [6, 6.07) is 7.38. The number of nitrogens with zero attached hydrogens (tertiary/aromatic N) is 4. The second-order valence-corrected chi connectivity index (χ2v) is 10.1. The van der Waals surface area contributed by atoms with Gasteiger partial charge in [-0.15, -0.1) is 0 Å². The zero-order valence-corrected chi connectivity index (χ0v) is 17.5. The minimum absolute atomic E-state index is 0.384. The van der Waals surface area contributed by atoms with Crippen molar-refractivity contribution in [1.29, 1.82) is 0 Å². The molecule has 1 saturated heterocycles. The van der Waals surface area contributed by atoms with Crippen molar-refractivity contribution in [3.05, 3.63) is 35.7 Å². The van der Waals surface area contributed by atoms with Gasteiger partial charge in [-0.1, -0.05) is 26.0 Å². The summed E-state index contributed by atoms with van der Waals surface area (Å²) >= 11 is 1.43. The standard InChI is InChI=1S/C19H26N4O2S2/c1-3-14(2)15-6-8-17(9-7-15)27(24,25)23-12-10-22(11-13-23)19-20-18(21-26-19)16-4-5-16/h6-9,14,16H,3-5,10-13H2,1-2H3. The van der Waals surface area contributed by atoms with Crippen LogP contribution in [0.3, 0.4) is 0 Å². The molecule has 1 saturated carbocycles. The molecule has 0 amide bonds. The molecule has 1 aliphatic heterocycles. The molecule has 2 fully saturated rings. The Morgan fingerprint density at radius 2 is 1.81 bits per heavy atom. The number of piperazine rings is 1. The largest absolute Gasteiger partial charge is 0.344 e. The van der Waals surface area contributed by atoms with Gasteiger partial charge >= 0.3 is 0 Å². The summed E-state index contributed by atoms with van der Waals surface area (Å²) in [4.78, 5) is 7.18. The van der Waals surface area contributed by atoms with Crippen LogP contribution in [-0.2, 0) is 10.0 Å². The van der Waals surface area contributed by atoms with Gasteiger partial charge in [-0.05, 0) is 42.9 Å². The van der Waals surface area contributed by atoms with Crippen LogP contribution in [0.2, 0.25) is 0 Å². The molecule has 6 nitrogen and oxygen atoms in total. The number of anilines is 1. The lowest BCUT2D eigenvalue weighted by molar-refractivity contribution is 0.384. The van der Waals surface area contributed by atoms with Gasteiger partial charge in [0.2, 0.25) is 15.2 Å². The van der Waals surface area contributed by atoms with Gasteiger partial charge < -0.3 is 4.90 Å². The van der Waals surface area contributed by atoms with Gasteiger partial charge in [-0.3, -0.25) is 0 Å². The summed E-state index contributed by atoms with van der Waals surface area (Å²) in [6.45, 7) is 6.57. The molecule has 2 aromatic rings. The highest BCUT2D eigenvalue weighted by Gasteiger charge is 2.32. The highest BCUT2D eigenvalue weighted by molar-refractivity contribution is 7.89. The van der Waals surface area contributed by atoms with Crippen LogP contribution >= 0.6 is 11.5 Å². The predicted molar refractivity (Wildman–Crippen MR) is 108 cm³/mol. The number of hydrogen-bond donors (Lipinski definition) is 0. The first kappa shape index (κ1) is 18.8. The minimum atomic E-state index is -3.44. The Hall–Kier alpha value is -1.51. The summed E-state index contributed by atoms with van der Waals surface area (Å²) in [7, 11) is -3.44. The SMILES string of the molecule is CCC(C)c1ccc(S(=O)(=O)N2CCN(c3nc(C4CC4)ns3)CC2)cc1. The molecule has 27 heavy (non-hydrogen) atoms. The monoisotopic (exact) mass is 406 g/mol. The van der Waals surface area contributed by atoms with Crippen LogP contribution in [0, 0.1) is 0 Å². The molecular formula is C19H26N4O2S2. The maximum atomic E-state index is 13.0. The van der Waals surface area contributed by atoms with Crippen LogP contribution in [0.15, 0.2) is 29.2 Å². The molecule has 0 radical (unpaired) electrons. The van der Waals surface area contributed by atoms with Gasteiger partial charge in [0.15, 0.2) is 0 Å². The van der Waals surface area contributed by atoms with Gasteiger partial charge in [0.05, 0.1) is 4.90 Å². The third-order valence-electron chi connectivity index (χ3n) is 5.58. The normalized spacial score (nSPS) is 20.0. The zero-order valence-electron chi connectivity index (χ0n) is 15.8. The molecule has 8 heteroatoms. The van der Waals surface area contributed by atoms with Gasteiger partial charge in [-0.25, -0.2) is 13.4 Å². The first-order valence-electron chi connectivity index (χ1n) is 9.67. The van der Waals surface area contributed by atoms with Gasteiger partial charge in [-0.2, -0.15) is 8.68 Å². The van der Waals surface area contributed by atoms with Crippen molar-refractivity contribution < 1.29 is 8.42 Å². The van der Waals surface area contributed by atoms with Crippen molar-refractivity contribution in [1.82, 2.24) is 13.7 Å². The Balaban J connectivity index is 1.41. The first-order valence-corrected chi connectivity index (χ1v) is 11.9. The average Bonchev–Trinajstić information content (AvgIpc) is 3.44. The second kappa shape index (κ2) is 7.48. The molecule has 1 unspecified atom stereocenters. The predicted octanol–water partition coefficient (Wildman–Crippen LogP) is 3.44. The van der Waals surface area contributed by atoms with E-state index < -0.39 is 10.0 Å². The van der Waals surface area contributed by atoms with E-state index in [2.05, 4.69) is 28.1 Å². The quantitative estimate of drug-likeness (QED) is 0.735. The third-order valence-corrected chi connectivity index (χ3v) is 8.29. The number of sulfonamides is 1. The highest BCUT2D eigenvalue weighted by atomic mass is 32.2. The lowest BCUT2D eigenvalue weighted by Gasteiger charge is -2.33. The number of aromatic nitrogens is 2. The molecule has 1 atom stereocenters. The summed E-state index contributed by atoms with van der Waals surface area (Å²) in [5.41, 5.74) is 1.18. The third kappa shape index (κ3) is 3.88. The van der Waals surface area contributed by atoms with E-state index in [0.717, 1.165) is 17.4 Å². The van der Waals surface area contributed by atoms with E-state index in [4.69, 9.17) is 0 Å². The second-order valence-electron chi connectivity index (χ2n) is 7.48. The summed E-state index contributed by atoms with van der Waals surface area (Å²) in [5, 5.41) is 0.923. The van der Waals surface area contributed by atoms with Crippen molar-refractivity contribution >= 4 is 26.7 Å². The zero-order chi connectivity index (χ0) is 19.0. The molecule has 1 aliphatic carbocycles. The molecule has 1 aromatic carbocycles. The smallest absolute Gasteiger partial charge is 0.243 e. The van der Waals surface area contributed by atoms with E-state index in [-0.39, 0.29) is 0 Å². The molecule has 146 valence electrons. The fraction of sp³-hybridized carbons (Fsp3) is 0.579. The minimum Gasteiger partial charge on any atom is -0.344 e. The van der Waals surface area contributed by atoms with Crippen LogP contribution in [0.5, 0.6) is 0 Å². The molecule has 0 spiro atoms. The summed E-state index contributed by atoms with van der Waals surface area (Å²) in [6.07, 6.45) is 3.43. The van der Waals surface area contributed by atoms with E-state index in [0.29, 0.717) is 42.9 Å². The van der Waals surface area contributed by atoms with Crippen molar-refractivity contribution in [2.75, 3.05) is 31.1 Å². The van der Waals surface area contributed by atoms with Crippen LogP contribution in [0.1, 0.15) is 56.3 Å². The Labute approximate surface area is 165 Å². The number of rotatable bonds is 6. The Bertz CT molecular complexity index is 883. The van der Waals surface area contributed by atoms with Crippen molar-refractivity contribution in [2.24, 2.45) is 0 Å². The van der Waals surface area contributed by atoms with E-state index in [1.807, 2.05) is 12.1 Å². The van der Waals surface area contributed by atoms with E-state index >= 15 is 0 Å². The van der Waals surface area contributed by atoms with Crippen molar-refractivity contribution in [3.8, 4) is 0 Å². The fourth-order valence-electron chi connectivity index (χ4n) is 3.34. The summed E-state index contributed by atoms with van der Waals surface area (Å²) < 4.78 is 32.0. The van der Waals surface area contributed by atoms with Gasteiger partial charge in [0.1, 0.15) is 5.82 Å². The molecule has 2 aliphatic rings. The fourth-order valence-corrected chi connectivity index (χ4v) is 5.55. The first-order chi connectivity index (χ1) is 13.0. The van der Waals surface area contributed by atoms with E-state index in [1.165, 1.54) is 29.9 Å². The summed E-state index contributed by atoms with van der Waals surface area (Å²) in [5.74, 6) is 1.96. The topological polar surface area (TPSA) is 66.4 Å². The van der Waals surface area contributed by atoms with Crippen LogP contribution in [0.4, 0.5) is 5.13 Å². The van der Waals surface area contributed by atoms with Crippen LogP contribution < -0.4 is 4.90 Å². The average molecular weight is 407 g/mol. The Morgan fingerprint density at radius 1 is 1.15 bits per heavy atom. The number of hydrogen-bond acceptors (Lipinski definition) is 6. The lowest BCUT2D eigenvalue weighted by atomic mass is 9.99. The van der Waals surface area contributed by atoms with Crippen LogP contribution in [-0.4, -0.2) is 48.3 Å². The van der Waals surface area contributed by atoms with Crippen molar-refractivity contribution in [3.63, 3.8) is 0 Å². The molecule has 1 aromatic heterocycles. The maximum Gasteiger partial charge on any atom is 0.243 e. The van der Waals surface area contributed by atoms with E-state index in [1.54, 1.807) is 16.4 Å². The Morgan fingerprint density at radius 3 is 2.41 bits per heavy atom.